The van der Waals surface area contributed by atoms with Crippen LogP contribution in [0.1, 0.15) is 6.92 Å². The van der Waals surface area contributed by atoms with Crippen molar-refractivity contribution >= 4 is 12.0 Å². The van der Waals surface area contributed by atoms with Crippen LogP contribution < -0.4 is 10.6 Å². The van der Waals surface area contributed by atoms with Crippen LogP contribution in [0.5, 0.6) is 0 Å². The smallest absolute Gasteiger partial charge is 0.337 e. The minimum absolute atomic E-state index is 0.0186. The molecule has 0 saturated heterocycles. The quantitative estimate of drug-likeness (QED) is 0.533. The zero-order chi connectivity index (χ0) is 13.5. The minimum Gasteiger partial charge on any atom is -0.463 e. The number of amides is 2. The Hall–Kier alpha value is -1.60. The molecule has 0 aromatic rings. The van der Waals surface area contributed by atoms with Crippen molar-refractivity contribution in [1.82, 2.24) is 15.5 Å². The second kappa shape index (κ2) is 6.97. The van der Waals surface area contributed by atoms with Gasteiger partial charge >= 0.3 is 12.0 Å². The van der Waals surface area contributed by atoms with Crippen LogP contribution in [0, 0.1) is 0 Å². The van der Waals surface area contributed by atoms with E-state index in [2.05, 4.69) is 10.6 Å². The standard InChI is InChI=1S/C11H19N3O4/c1-3-18-10(16)8-6-12-11(17)13-9(8)7-14(2)4-5-15/h15H,3-7H2,1-2H3,(H2,12,13,17). The largest absolute Gasteiger partial charge is 0.463 e. The Morgan fingerprint density at radius 1 is 1.56 bits per heavy atom. The first-order valence-electron chi connectivity index (χ1n) is 5.81. The van der Waals surface area contributed by atoms with E-state index in [4.69, 9.17) is 9.84 Å². The second-order valence-electron chi connectivity index (χ2n) is 3.95. The average Bonchev–Trinajstić information content (AvgIpc) is 2.29. The molecule has 3 N–H and O–H groups in total. The normalized spacial score (nSPS) is 15.4. The summed E-state index contributed by atoms with van der Waals surface area (Å²) in [5.74, 6) is -0.433. The van der Waals surface area contributed by atoms with Gasteiger partial charge in [0.2, 0.25) is 0 Å². The number of nitrogens with one attached hydrogen (secondary N) is 2. The Morgan fingerprint density at radius 2 is 2.28 bits per heavy atom. The highest BCUT2D eigenvalue weighted by molar-refractivity contribution is 5.93. The lowest BCUT2D eigenvalue weighted by Gasteiger charge is -2.24. The zero-order valence-electron chi connectivity index (χ0n) is 10.7. The molecule has 1 aliphatic heterocycles. The fourth-order valence-corrected chi connectivity index (χ4v) is 1.60. The van der Waals surface area contributed by atoms with E-state index in [1.54, 1.807) is 18.9 Å². The molecule has 2 amide bonds. The molecule has 0 bridgehead atoms. The molecule has 0 aliphatic carbocycles. The van der Waals surface area contributed by atoms with Crippen molar-refractivity contribution < 1.29 is 19.4 Å². The molecule has 0 radical (unpaired) electrons. The predicted molar refractivity (Wildman–Crippen MR) is 64.8 cm³/mol. The van der Waals surface area contributed by atoms with E-state index in [0.29, 0.717) is 24.4 Å². The van der Waals surface area contributed by atoms with Crippen molar-refractivity contribution in [3.05, 3.63) is 11.3 Å². The highest BCUT2D eigenvalue weighted by Crippen LogP contribution is 2.09. The summed E-state index contributed by atoms with van der Waals surface area (Å²) in [4.78, 5) is 24.8. The molecule has 0 aromatic heterocycles. The number of hydrogen-bond donors (Lipinski definition) is 3. The summed E-state index contributed by atoms with van der Waals surface area (Å²) >= 11 is 0. The van der Waals surface area contributed by atoms with Gasteiger partial charge in [-0.25, -0.2) is 9.59 Å². The first kappa shape index (κ1) is 14.5. The molecule has 102 valence electrons. The molecule has 7 nitrogen and oxygen atoms in total. The number of carbonyl (C=O) groups excluding carboxylic acids is 2. The van der Waals surface area contributed by atoms with Crippen LogP contribution in [-0.2, 0) is 9.53 Å². The molecule has 0 atom stereocenters. The Labute approximate surface area is 106 Å². The van der Waals surface area contributed by atoms with Crippen LogP contribution in [0.15, 0.2) is 11.3 Å². The number of nitrogens with zero attached hydrogens (tertiary/aromatic N) is 1. The second-order valence-corrected chi connectivity index (χ2v) is 3.95. The van der Waals surface area contributed by atoms with E-state index in [9.17, 15) is 9.59 Å². The number of aliphatic hydroxyl groups excluding tert-OH is 1. The molecule has 1 rings (SSSR count). The van der Waals surface area contributed by atoms with Gasteiger partial charge in [-0.1, -0.05) is 0 Å². The number of aliphatic hydroxyl groups is 1. The summed E-state index contributed by atoms with van der Waals surface area (Å²) < 4.78 is 4.93. The third-order valence-corrected chi connectivity index (χ3v) is 2.49. The van der Waals surface area contributed by atoms with Crippen molar-refractivity contribution in [3.63, 3.8) is 0 Å². The summed E-state index contributed by atoms with van der Waals surface area (Å²) in [6.07, 6.45) is 0. The number of carbonyl (C=O) groups is 2. The van der Waals surface area contributed by atoms with Gasteiger partial charge in [0.15, 0.2) is 0 Å². The van der Waals surface area contributed by atoms with Gasteiger partial charge in [-0.05, 0) is 14.0 Å². The summed E-state index contributed by atoms with van der Waals surface area (Å²) in [6.45, 7) is 3.03. The Bertz CT molecular complexity index is 354. The van der Waals surface area contributed by atoms with E-state index in [1.165, 1.54) is 0 Å². The van der Waals surface area contributed by atoms with Gasteiger partial charge in [-0.3, -0.25) is 4.90 Å². The lowest BCUT2D eigenvalue weighted by Crippen LogP contribution is -2.46. The van der Waals surface area contributed by atoms with E-state index in [0.717, 1.165) is 0 Å². The number of hydrogen-bond acceptors (Lipinski definition) is 5. The molecule has 0 spiro atoms. The SMILES string of the molecule is CCOC(=O)C1=C(CN(C)CCO)NC(=O)NC1. The monoisotopic (exact) mass is 257 g/mol. The van der Waals surface area contributed by atoms with Crippen LogP contribution in [0.2, 0.25) is 0 Å². The number of likely N-dealkylation sites (N-methyl/N-ethyl adjacent to an activating group) is 1. The van der Waals surface area contributed by atoms with Crippen LogP contribution in [0.25, 0.3) is 0 Å². The number of esters is 1. The number of ether oxygens (including phenoxy) is 1. The van der Waals surface area contributed by atoms with E-state index in [1.807, 2.05) is 0 Å². The van der Waals surface area contributed by atoms with E-state index in [-0.39, 0.29) is 25.8 Å². The molecular weight excluding hydrogens is 238 g/mol. The Balaban J connectivity index is 2.81. The molecule has 0 aromatic carbocycles. The molecule has 0 fully saturated rings. The maximum atomic E-state index is 11.7. The fourth-order valence-electron chi connectivity index (χ4n) is 1.60. The van der Waals surface area contributed by atoms with Crippen LogP contribution in [0.4, 0.5) is 4.79 Å². The van der Waals surface area contributed by atoms with Gasteiger partial charge in [-0.15, -0.1) is 0 Å². The summed E-state index contributed by atoms with van der Waals surface area (Å²) in [5.41, 5.74) is 0.939. The van der Waals surface area contributed by atoms with E-state index >= 15 is 0 Å². The third kappa shape index (κ3) is 4.01. The zero-order valence-corrected chi connectivity index (χ0v) is 10.7. The third-order valence-electron chi connectivity index (χ3n) is 2.49. The molecule has 18 heavy (non-hydrogen) atoms. The Morgan fingerprint density at radius 3 is 2.89 bits per heavy atom. The molecular formula is C11H19N3O4. The summed E-state index contributed by atoms with van der Waals surface area (Å²) in [6, 6.07) is -0.338. The first-order chi connectivity index (χ1) is 8.58. The Kier molecular flexibility index (Phi) is 5.60. The molecule has 1 aliphatic rings. The minimum atomic E-state index is -0.433. The van der Waals surface area contributed by atoms with E-state index < -0.39 is 5.97 Å². The van der Waals surface area contributed by atoms with Crippen LogP contribution in [0.3, 0.4) is 0 Å². The summed E-state index contributed by atoms with van der Waals surface area (Å²) in [5, 5.41) is 14.0. The first-order valence-corrected chi connectivity index (χ1v) is 5.81. The summed E-state index contributed by atoms with van der Waals surface area (Å²) in [7, 11) is 1.79. The van der Waals surface area contributed by atoms with Gasteiger partial charge < -0.3 is 20.5 Å². The molecule has 1 heterocycles. The van der Waals surface area contributed by atoms with Crippen LogP contribution in [-0.4, -0.2) is 61.9 Å². The molecule has 0 unspecified atom stereocenters. The fraction of sp³-hybridized carbons (Fsp3) is 0.636. The molecule has 7 heteroatoms. The van der Waals surface area contributed by atoms with Gasteiger partial charge in [0, 0.05) is 18.8 Å². The van der Waals surface area contributed by atoms with Gasteiger partial charge in [0.05, 0.1) is 25.3 Å². The van der Waals surface area contributed by atoms with Crippen molar-refractivity contribution in [2.75, 3.05) is 39.9 Å². The van der Waals surface area contributed by atoms with Gasteiger partial charge in [0.1, 0.15) is 0 Å². The highest BCUT2D eigenvalue weighted by atomic mass is 16.5. The number of rotatable bonds is 6. The van der Waals surface area contributed by atoms with Crippen LogP contribution >= 0.6 is 0 Å². The topological polar surface area (TPSA) is 90.9 Å². The maximum absolute atomic E-state index is 11.7. The van der Waals surface area contributed by atoms with Crippen molar-refractivity contribution in [2.45, 2.75) is 6.92 Å². The van der Waals surface area contributed by atoms with Crippen molar-refractivity contribution in [2.24, 2.45) is 0 Å². The lowest BCUT2D eigenvalue weighted by atomic mass is 10.1. The van der Waals surface area contributed by atoms with Gasteiger partial charge in [-0.2, -0.15) is 0 Å². The average molecular weight is 257 g/mol. The maximum Gasteiger partial charge on any atom is 0.337 e. The predicted octanol–water partition coefficient (Wildman–Crippen LogP) is -0.959. The lowest BCUT2D eigenvalue weighted by molar-refractivity contribution is -0.138. The highest BCUT2D eigenvalue weighted by Gasteiger charge is 2.24. The van der Waals surface area contributed by atoms with Gasteiger partial charge in [0.25, 0.3) is 0 Å². The molecule has 0 saturated carbocycles. The van der Waals surface area contributed by atoms with Crippen molar-refractivity contribution in [1.29, 1.82) is 0 Å². The van der Waals surface area contributed by atoms with Crippen molar-refractivity contribution in [3.8, 4) is 0 Å². The number of urea groups is 1.